The highest BCUT2D eigenvalue weighted by atomic mass is 15.2. The molecule has 0 unspecified atom stereocenters. The Kier molecular flexibility index (Phi) is 6.60. The number of nitrogens with zero attached hydrogens (tertiary/aromatic N) is 4. The van der Waals surface area contributed by atoms with Gasteiger partial charge in [0.2, 0.25) is 5.95 Å². The minimum atomic E-state index is 0.661. The molecule has 4 heteroatoms. The molecule has 0 aliphatic heterocycles. The number of fused-ring (bicyclic) bond motifs is 10. The average molecular weight is 713 g/mol. The summed E-state index contributed by atoms with van der Waals surface area (Å²) >= 11 is 0. The summed E-state index contributed by atoms with van der Waals surface area (Å²) in [7, 11) is 0. The number of hydrogen-bond acceptors (Lipinski definition) is 2. The number of para-hydroxylation sites is 2. The van der Waals surface area contributed by atoms with E-state index in [1.54, 1.807) is 0 Å². The van der Waals surface area contributed by atoms with Gasteiger partial charge >= 0.3 is 0 Å². The molecule has 0 N–H and O–H groups in total. The Morgan fingerprint density at radius 3 is 1.77 bits per heavy atom. The molecule has 0 bridgehead atoms. The molecule has 3 aromatic heterocycles. The topological polar surface area (TPSA) is 35.6 Å². The number of hydrogen-bond donors (Lipinski definition) is 0. The molecule has 0 aliphatic rings. The molecule has 0 radical (unpaired) electrons. The Labute approximate surface area is 322 Å². The molecule has 3 heterocycles. The highest BCUT2D eigenvalue weighted by Crippen LogP contribution is 2.41. The first-order valence-corrected chi connectivity index (χ1v) is 19.1. The molecular weight excluding hydrogens is 681 g/mol. The van der Waals surface area contributed by atoms with Crippen LogP contribution in [0.1, 0.15) is 0 Å². The normalized spacial score (nSPS) is 11.9. The van der Waals surface area contributed by atoms with Crippen molar-refractivity contribution in [2.75, 3.05) is 0 Å². The summed E-state index contributed by atoms with van der Waals surface area (Å²) in [5.74, 6) is 0.661. The van der Waals surface area contributed by atoms with E-state index in [-0.39, 0.29) is 0 Å². The molecule has 0 atom stereocenters. The maximum Gasteiger partial charge on any atom is 0.235 e. The van der Waals surface area contributed by atoms with E-state index in [1.807, 2.05) is 6.07 Å². The van der Waals surface area contributed by atoms with Gasteiger partial charge in [-0.2, -0.15) is 0 Å². The van der Waals surface area contributed by atoms with Crippen LogP contribution in [0.15, 0.2) is 194 Å². The van der Waals surface area contributed by atoms with Crippen molar-refractivity contribution in [3.8, 4) is 34.0 Å². The minimum absolute atomic E-state index is 0.661. The maximum atomic E-state index is 5.33. The lowest BCUT2D eigenvalue weighted by Gasteiger charge is -2.12. The SMILES string of the molecule is c1ccc(-c2nc(-n3c4ccc(-c5ccc6c(c5)c5ccccc5n6-c5ccc6ccccc6c5)cc4c4c5ccccc5ccc43)nc3ccccc23)cc1. The fraction of sp³-hybridized carbons (Fsp3) is 0. The lowest BCUT2D eigenvalue weighted by molar-refractivity contribution is 1.01. The van der Waals surface area contributed by atoms with Crippen LogP contribution < -0.4 is 0 Å². The molecule has 0 spiro atoms. The number of aromatic nitrogens is 4. The Hall–Kier alpha value is -7.56. The van der Waals surface area contributed by atoms with Gasteiger partial charge in [0, 0.05) is 38.2 Å². The molecule has 12 aromatic rings. The molecule has 9 aromatic carbocycles. The third-order valence-corrected chi connectivity index (χ3v) is 11.5. The zero-order valence-electron chi connectivity index (χ0n) is 30.3. The van der Waals surface area contributed by atoms with Crippen molar-refractivity contribution in [1.82, 2.24) is 19.1 Å². The molecule has 4 nitrogen and oxygen atoms in total. The summed E-state index contributed by atoms with van der Waals surface area (Å²) in [5.41, 5.74) is 11.0. The molecule has 12 rings (SSSR count). The van der Waals surface area contributed by atoms with Crippen LogP contribution in [0, 0.1) is 0 Å². The van der Waals surface area contributed by atoms with Gasteiger partial charge in [-0.05, 0) is 87.3 Å². The van der Waals surface area contributed by atoms with Crippen LogP contribution in [0.4, 0.5) is 0 Å². The lowest BCUT2D eigenvalue weighted by Crippen LogP contribution is -2.03. The lowest BCUT2D eigenvalue weighted by atomic mass is 9.99. The molecule has 0 saturated heterocycles. The summed E-state index contributed by atoms with van der Waals surface area (Å²) < 4.78 is 4.65. The number of rotatable bonds is 4. The standard InChI is InChI=1S/C52H32N4/c1-2-14-35(15-3-1)51-42-19-8-10-20-45(42)53-52(54-51)56-48-28-25-38(32-44(48)50-40-17-7-6-13-34(40)23-29-49(50)56)37-24-27-47-43(31-37)41-18-9-11-21-46(41)55(47)39-26-22-33-12-4-5-16-36(33)30-39/h1-32H. The quantitative estimate of drug-likeness (QED) is 0.182. The monoisotopic (exact) mass is 712 g/mol. The second kappa shape index (κ2) is 12.0. The molecule has 0 fully saturated rings. The third kappa shape index (κ3) is 4.60. The van der Waals surface area contributed by atoms with E-state index in [1.165, 1.54) is 65.3 Å². The fourth-order valence-electron chi connectivity index (χ4n) is 8.91. The highest BCUT2D eigenvalue weighted by Gasteiger charge is 2.20. The van der Waals surface area contributed by atoms with Crippen LogP contribution in [0.3, 0.4) is 0 Å². The number of benzene rings is 9. The van der Waals surface area contributed by atoms with E-state index in [2.05, 4.69) is 197 Å². The Morgan fingerprint density at radius 1 is 0.321 bits per heavy atom. The van der Waals surface area contributed by atoms with Crippen molar-refractivity contribution in [3.63, 3.8) is 0 Å². The third-order valence-electron chi connectivity index (χ3n) is 11.5. The first-order chi connectivity index (χ1) is 27.8. The van der Waals surface area contributed by atoms with Crippen molar-refractivity contribution in [3.05, 3.63) is 194 Å². The molecule has 0 saturated carbocycles. The van der Waals surface area contributed by atoms with E-state index in [0.29, 0.717) is 5.95 Å². The van der Waals surface area contributed by atoms with E-state index < -0.39 is 0 Å². The predicted octanol–water partition coefficient (Wildman–Crippen LogP) is 13.5. The van der Waals surface area contributed by atoms with E-state index in [9.17, 15) is 0 Å². The van der Waals surface area contributed by atoms with Gasteiger partial charge in [-0.15, -0.1) is 0 Å². The van der Waals surface area contributed by atoms with E-state index in [0.717, 1.165) is 38.9 Å². The van der Waals surface area contributed by atoms with Crippen LogP contribution in [-0.4, -0.2) is 19.1 Å². The summed E-state index contributed by atoms with van der Waals surface area (Å²) in [4.78, 5) is 10.6. The molecule has 260 valence electrons. The van der Waals surface area contributed by atoms with Gasteiger partial charge in [-0.1, -0.05) is 140 Å². The van der Waals surface area contributed by atoms with Crippen LogP contribution in [0.5, 0.6) is 0 Å². The van der Waals surface area contributed by atoms with Crippen LogP contribution >= 0.6 is 0 Å². The van der Waals surface area contributed by atoms with Gasteiger partial charge in [-0.3, -0.25) is 4.57 Å². The molecule has 56 heavy (non-hydrogen) atoms. The Bertz CT molecular complexity index is 3540. The molecular formula is C52H32N4. The predicted molar refractivity (Wildman–Crippen MR) is 234 cm³/mol. The molecule has 0 aliphatic carbocycles. The van der Waals surface area contributed by atoms with Crippen molar-refractivity contribution in [1.29, 1.82) is 0 Å². The first-order valence-electron chi connectivity index (χ1n) is 19.1. The van der Waals surface area contributed by atoms with Crippen LogP contribution in [0.2, 0.25) is 0 Å². The van der Waals surface area contributed by atoms with Crippen LogP contribution in [0.25, 0.3) is 110 Å². The zero-order chi connectivity index (χ0) is 36.7. The second-order valence-electron chi connectivity index (χ2n) is 14.6. The van der Waals surface area contributed by atoms with E-state index >= 15 is 0 Å². The van der Waals surface area contributed by atoms with Gasteiger partial charge in [0.15, 0.2) is 0 Å². The smallest absolute Gasteiger partial charge is 0.235 e. The van der Waals surface area contributed by atoms with Crippen molar-refractivity contribution >= 4 is 76.1 Å². The van der Waals surface area contributed by atoms with Gasteiger partial charge in [-0.25, -0.2) is 9.97 Å². The zero-order valence-corrected chi connectivity index (χ0v) is 30.3. The summed E-state index contributed by atoms with van der Waals surface area (Å²) in [6.07, 6.45) is 0. The Balaban J connectivity index is 1.09. The first kappa shape index (κ1) is 30.9. The second-order valence-corrected chi connectivity index (χ2v) is 14.6. The fourth-order valence-corrected chi connectivity index (χ4v) is 8.91. The Morgan fingerprint density at radius 2 is 0.929 bits per heavy atom. The van der Waals surface area contributed by atoms with Gasteiger partial charge < -0.3 is 4.57 Å². The average Bonchev–Trinajstić information content (AvgIpc) is 3.78. The highest BCUT2D eigenvalue weighted by molar-refractivity contribution is 6.22. The maximum absolute atomic E-state index is 5.33. The minimum Gasteiger partial charge on any atom is -0.309 e. The summed E-state index contributed by atoms with van der Waals surface area (Å²) in [6.45, 7) is 0. The van der Waals surface area contributed by atoms with Crippen molar-refractivity contribution < 1.29 is 0 Å². The molecule has 0 amide bonds. The van der Waals surface area contributed by atoms with Crippen molar-refractivity contribution in [2.45, 2.75) is 0 Å². The largest absolute Gasteiger partial charge is 0.309 e. The van der Waals surface area contributed by atoms with Gasteiger partial charge in [0.25, 0.3) is 0 Å². The summed E-state index contributed by atoms with van der Waals surface area (Å²) in [6, 6.07) is 69.7. The van der Waals surface area contributed by atoms with Gasteiger partial charge in [0.05, 0.1) is 33.3 Å². The van der Waals surface area contributed by atoms with Crippen LogP contribution in [-0.2, 0) is 0 Å². The van der Waals surface area contributed by atoms with Gasteiger partial charge in [0.1, 0.15) is 0 Å². The summed E-state index contributed by atoms with van der Waals surface area (Å²) in [5, 5.41) is 10.8. The van der Waals surface area contributed by atoms with Crippen molar-refractivity contribution in [2.24, 2.45) is 0 Å². The van der Waals surface area contributed by atoms with E-state index in [4.69, 9.17) is 9.97 Å².